The lowest BCUT2D eigenvalue weighted by Crippen LogP contribution is -2.03. The van der Waals surface area contributed by atoms with Crippen LogP contribution in [-0.2, 0) is 0 Å². The molecule has 0 aromatic carbocycles. The van der Waals surface area contributed by atoms with E-state index >= 15 is 0 Å². The van der Waals surface area contributed by atoms with E-state index in [2.05, 4.69) is 5.32 Å². The van der Waals surface area contributed by atoms with Crippen LogP contribution in [0.25, 0.3) is 0 Å². The van der Waals surface area contributed by atoms with Crippen molar-refractivity contribution in [2.45, 2.75) is 0 Å². The third kappa shape index (κ3) is 0.0358. The molecule has 0 saturated carbocycles. The lowest BCUT2D eigenvalue weighted by Gasteiger charge is -1.94. The molecule has 1 aliphatic rings. The van der Waals surface area contributed by atoms with Crippen LogP contribution in [0.4, 0.5) is 0 Å². The van der Waals surface area contributed by atoms with Crippen molar-refractivity contribution >= 4 is 0 Å². The zero-order chi connectivity index (χ0) is 2.83. The smallest absolute Gasteiger partial charge is 0.0587 e. The highest BCUT2D eigenvalue weighted by atomic mass is 14.9. The molecule has 0 unspecified atom stereocenters. The minimum atomic E-state index is 0.944. The molecule has 0 aliphatic carbocycles. The van der Waals surface area contributed by atoms with Crippen LogP contribution in [0.15, 0.2) is 12.3 Å². The van der Waals surface area contributed by atoms with Gasteiger partial charge in [-0.3, -0.25) is 5.32 Å². The molecule has 0 aromatic heterocycles. The lowest BCUT2D eigenvalue weighted by atomic mass is 10.5. The summed E-state index contributed by atoms with van der Waals surface area (Å²) < 4.78 is 0. The minimum Gasteiger partial charge on any atom is -0.289 e. The van der Waals surface area contributed by atoms with Crippen LogP contribution in [0.2, 0.25) is 0 Å². The van der Waals surface area contributed by atoms with Gasteiger partial charge in [0.25, 0.3) is 0 Å². The van der Waals surface area contributed by atoms with E-state index in [1.807, 2.05) is 6.08 Å². The zero-order valence-corrected chi connectivity index (χ0v) is 2.31. The highest BCUT2D eigenvalue weighted by Gasteiger charge is 1.80. The van der Waals surface area contributed by atoms with Crippen molar-refractivity contribution in [3.8, 4) is 0 Å². The van der Waals surface area contributed by atoms with Gasteiger partial charge in [0.05, 0.1) is 6.54 Å². The van der Waals surface area contributed by atoms with Crippen molar-refractivity contribution in [3.63, 3.8) is 0 Å². The number of hydrogen-bond donors (Lipinski definition) is 0. The van der Waals surface area contributed by atoms with Crippen molar-refractivity contribution in [1.82, 2.24) is 5.32 Å². The van der Waals surface area contributed by atoms with Gasteiger partial charge in [-0.05, 0) is 6.08 Å². The van der Waals surface area contributed by atoms with E-state index in [4.69, 9.17) is 0 Å². The van der Waals surface area contributed by atoms with Crippen molar-refractivity contribution < 1.29 is 0 Å². The lowest BCUT2D eigenvalue weighted by molar-refractivity contribution is 0.882. The normalized spacial score (nSPS) is 18.0. The molecule has 1 heteroatoms. The molecule has 21 valence electrons. The SMILES string of the molecule is C1=C[N]C1. The number of nitrogens with zero attached hydrogens (tertiary/aromatic N) is 1. The highest BCUT2D eigenvalue weighted by molar-refractivity contribution is 4.92. The maximum atomic E-state index is 3.74. The molecular weight excluding hydrogens is 50.0 g/mol. The van der Waals surface area contributed by atoms with Gasteiger partial charge in [-0.1, -0.05) is 0 Å². The van der Waals surface area contributed by atoms with Gasteiger partial charge < -0.3 is 0 Å². The average Bonchev–Trinajstić information content (AvgIpc) is 0.722. The van der Waals surface area contributed by atoms with Crippen LogP contribution < -0.4 is 5.32 Å². The summed E-state index contributed by atoms with van der Waals surface area (Å²) in [5.74, 6) is 0. The topological polar surface area (TPSA) is 14.1 Å². The third-order valence-electron chi connectivity index (χ3n) is 0.422. The van der Waals surface area contributed by atoms with Crippen LogP contribution in [0, 0.1) is 0 Å². The molecule has 4 heavy (non-hydrogen) atoms. The van der Waals surface area contributed by atoms with Gasteiger partial charge in [0.1, 0.15) is 0 Å². The molecule has 0 spiro atoms. The average molecular weight is 54.1 g/mol. The Hall–Kier alpha value is -0.460. The van der Waals surface area contributed by atoms with Crippen LogP contribution in [0.1, 0.15) is 0 Å². The van der Waals surface area contributed by atoms with Crippen molar-refractivity contribution in [3.05, 3.63) is 12.3 Å². The number of hydrogen-bond acceptors (Lipinski definition) is 0. The first-order valence-corrected chi connectivity index (χ1v) is 1.32. The molecule has 0 saturated heterocycles. The summed E-state index contributed by atoms with van der Waals surface area (Å²) in [6.45, 7) is 0.944. The summed E-state index contributed by atoms with van der Waals surface area (Å²) in [7, 11) is 0. The van der Waals surface area contributed by atoms with Crippen molar-refractivity contribution in [1.29, 1.82) is 0 Å². The third-order valence-corrected chi connectivity index (χ3v) is 0.422. The van der Waals surface area contributed by atoms with E-state index < -0.39 is 0 Å². The second-order valence-corrected chi connectivity index (χ2v) is 0.750. The molecule has 1 nitrogen and oxygen atoms in total. The summed E-state index contributed by atoms with van der Waals surface area (Å²) in [5.41, 5.74) is 0. The maximum Gasteiger partial charge on any atom is 0.0587 e. The Morgan fingerprint density at radius 1 is 1.75 bits per heavy atom. The zero-order valence-electron chi connectivity index (χ0n) is 2.31. The van der Waals surface area contributed by atoms with Gasteiger partial charge in [-0.15, -0.1) is 0 Å². The van der Waals surface area contributed by atoms with Gasteiger partial charge in [0.2, 0.25) is 0 Å². The molecule has 0 aromatic rings. The first-order chi connectivity index (χ1) is 2.00. The van der Waals surface area contributed by atoms with Gasteiger partial charge in [-0.25, -0.2) is 0 Å². The molecule has 0 bridgehead atoms. The van der Waals surface area contributed by atoms with Gasteiger partial charge >= 0.3 is 0 Å². The van der Waals surface area contributed by atoms with Crippen LogP contribution in [0.3, 0.4) is 0 Å². The summed E-state index contributed by atoms with van der Waals surface area (Å²) in [6.07, 6.45) is 3.82. The molecule has 1 aliphatic heterocycles. The van der Waals surface area contributed by atoms with E-state index in [9.17, 15) is 0 Å². The largest absolute Gasteiger partial charge is 0.289 e. The summed E-state index contributed by atoms with van der Waals surface area (Å²) >= 11 is 0. The number of rotatable bonds is 0. The Bertz CT molecular complexity index is 32.5. The van der Waals surface area contributed by atoms with E-state index in [-0.39, 0.29) is 0 Å². The standard InChI is InChI=1S/C3H4N/c1-2-4-3-1/h1-2H,3H2. The predicted octanol–water partition coefficient (Wildman–Crippen LogP) is 0.118. The fourth-order valence-corrected chi connectivity index (χ4v) is 0.105. The molecule has 1 radical (unpaired) electrons. The Balaban J connectivity index is 2.47. The quantitative estimate of drug-likeness (QED) is 0.373. The second kappa shape index (κ2) is 0.481. The Morgan fingerprint density at radius 2 is 2.00 bits per heavy atom. The van der Waals surface area contributed by atoms with Gasteiger partial charge in [0.15, 0.2) is 0 Å². The molecule has 0 amide bonds. The first-order valence-electron chi connectivity index (χ1n) is 1.32. The van der Waals surface area contributed by atoms with E-state index in [1.54, 1.807) is 6.20 Å². The van der Waals surface area contributed by atoms with Gasteiger partial charge in [0, 0.05) is 6.20 Å². The molecular formula is C3H4N. The van der Waals surface area contributed by atoms with E-state index in [1.165, 1.54) is 0 Å². The van der Waals surface area contributed by atoms with Crippen LogP contribution in [0.5, 0.6) is 0 Å². The van der Waals surface area contributed by atoms with Crippen molar-refractivity contribution in [2.75, 3.05) is 6.54 Å². The minimum absolute atomic E-state index is 0.944. The van der Waals surface area contributed by atoms with E-state index in [0.29, 0.717) is 0 Å². The van der Waals surface area contributed by atoms with Crippen molar-refractivity contribution in [2.24, 2.45) is 0 Å². The predicted molar refractivity (Wildman–Crippen MR) is 16.1 cm³/mol. The Morgan fingerprint density at radius 3 is 2.00 bits per heavy atom. The molecule has 1 rings (SSSR count). The Labute approximate surface area is 25.3 Å². The molecule has 1 heterocycles. The van der Waals surface area contributed by atoms with Gasteiger partial charge in [-0.2, -0.15) is 0 Å². The first kappa shape index (κ1) is 1.82. The van der Waals surface area contributed by atoms with Crippen LogP contribution >= 0.6 is 0 Å². The molecule has 0 N–H and O–H groups in total. The highest BCUT2D eigenvalue weighted by Crippen LogP contribution is 1.77. The van der Waals surface area contributed by atoms with E-state index in [0.717, 1.165) is 6.54 Å². The fourth-order valence-electron chi connectivity index (χ4n) is 0.105. The Kier molecular flexibility index (Phi) is 0.219. The fraction of sp³-hybridized carbons (Fsp3) is 0.333. The molecule has 0 fully saturated rings. The van der Waals surface area contributed by atoms with Crippen LogP contribution in [-0.4, -0.2) is 6.54 Å². The summed E-state index contributed by atoms with van der Waals surface area (Å²) in [6, 6.07) is 0. The molecule has 0 atom stereocenters. The summed E-state index contributed by atoms with van der Waals surface area (Å²) in [4.78, 5) is 0. The summed E-state index contributed by atoms with van der Waals surface area (Å²) in [5, 5.41) is 3.74. The monoisotopic (exact) mass is 54.0 g/mol. The maximum absolute atomic E-state index is 3.74. The second-order valence-electron chi connectivity index (χ2n) is 0.750.